The number of nitrogens with one attached hydrogen (secondary N) is 1. The Morgan fingerprint density at radius 1 is 1.12 bits per heavy atom. The first-order valence-electron chi connectivity index (χ1n) is 13.4. The standard InChI is InChI=1S/C30H35Cl2N3O6S/c1-19-15-35(20(2)18-36)30(37)25-14-22(33-42(38,39)24-9-7-23(40-4)8-10-24)6-12-28(25)41-29(19)17-34(3)16-21-5-11-26(31)27(32)13-21/h5-14,19-20,29,33,36H,15-18H2,1-4H3/t19-,20+,29+/m0/s1. The molecule has 0 aliphatic carbocycles. The zero-order chi connectivity index (χ0) is 30.6. The van der Waals surface area contributed by atoms with Crippen molar-refractivity contribution in [3.8, 4) is 11.5 Å². The van der Waals surface area contributed by atoms with Crippen molar-refractivity contribution in [2.75, 3.05) is 38.6 Å². The van der Waals surface area contributed by atoms with Crippen LogP contribution in [0.5, 0.6) is 11.5 Å². The topological polar surface area (TPSA) is 108 Å². The Morgan fingerprint density at radius 2 is 1.83 bits per heavy atom. The number of ether oxygens (including phenoxy) is 2. The van der Waals surface area contributed by atoms with Crippen molar-refractivity contribution in [1.29, 1.82) is 0 Å². The molecular formula is C30H35Cl2N3O6S. The van der Waals surface area contributed by atoms with Crippen LogP contribution >= 0.6 is 23.2 Å². The molecule has 1 aliphatic heterocycles. The van der Waals surface area contributed by atoms with Gasteiger partial charge in [-0.25, -0.2) is 8.42 Å². The average molecular weight is 637 g/mol. The van der Waals surface area contributed by atoms with Crippen LogP contribution in [0.15, 0.2) is 65.6 Å². The molecule has 0 bridgehead atoms. The quantitative estimate of drug-likeness (QED) is 0.317. The number of rotatable bonds is 10. The van der Waals surface area contributed by atoms with Gasteiger partial charge in [0.15, 0.2) is 0 Å². The third kappa shape index (κ3) is 7.48. The maximum absolute atomic E-state index is 13.7. The van der Waals surface area contributed by atoms with Gasteiger partial charge in [-0.05, 0) is 74.1 Å². The summed E-state index contributed by atoms with van der Waals surface area (Å²) in [5.41, 5.74) is 1.40. The predicted molar refractivity (Wildman–Crippen MR) is 164 cm³/mol. The number of nitrogens with zero attached hydrogens (tertiary/aromatic N) is 2. The maximum Gasteiger partial charge on any atom is 0.261 e. The summed E-state index contributed by atoms with van der Waals surface area (Å²) in [4.78, 5) is 17.5. The van der Waals surface area contributed by atoms with Crippen molar-refractivity contribution in [2.45, 2.75) is 37.4 Å². The Labute approximate surface area is 257 Å². The van der Waals surface area contributed by atoms with E-state index in [4.69, 9.17) is 32.7 Å². The van der Waals surface area contributed by atoms with Crippen LogP contribution in [0.3, 0.4) is 0 Å². The number of benzene rings is 3. The number of carbonyl (C=O) groups excluding carboxylic acids is 1. The van der Waals surface area contributed by atoms with E-state index in [1.807, 2.05) is 26.1 Å². The van der Waals surface area contributed by atoms with Crippen LogP contribution in [-0.2, 0) is 16.6 Å². The molecule has 1 heterocycles. The molecule has 0 aromatic heterocycles. The molecule has 0 radical (unpaired) electrons. The van der Waals surface area contributed by atoms with E-state index >= 15 is 0 Å². The largest absolute Gasteiger partial charge is 0.497 e. The lowest BCUT2D eigenvalue weighted by Gasteiger charge is -2.38. The summed E-state index contributed by atoms with van der Waals surface area (Å²) in [7, 11) is -0.474. The minimum absolute atomic E-state index is 0.0482. The van der Waals surface area contributed by atoms with E-state index in [0.29, 0.717) is 41.2 Å². The van der Waals surface area contributed by atoms with Crippen molar-refractivity contribution in [1.82, 2.24) is 9.80 Å². The molecule has 42 heavy (non-hydrogen) atoms. The molecular weight excluding hydrogens is 601 g/mol. The maximum atomic E-state index is 13.7. The Hall–Kier alpha value is -3.02. The number of fused-ring (bicyclic) bond motifs is 1. The van der Waals surface area contributed by atoms with Gasteiger partial charge in [0.05, 0.1) is 40.3 Å². The van der Waals surface area contributed by atoms with E-state index in [1.54, 1.807) is 42.2 Å². The van der Waals surface area contributed by atoms with Crippen LogP contribution in [0.4, 0.5) is 5.69 Å². The number of halogens is 2. The van der Waals surface area contributed by atoms with Crippen molar-refractivity contribution in [2.24, 2.45) is 5.92 Å². The molecule has 0 spiro atoms. The summed E-state index contributed by atoms with van der Waals surface area (Å²) in [6.45, 7) is 5.02. The van der Waals surface area contributed by atoms with Gasteiger partial charge in [-0.15, -0.1) is 0 Å². The Kier molecular flexibility index (Phi) is 10.3. The zero-order valence-corrected chi connectivity index (χ0v) is 26.2. The number of hydrogen-bond acceptors (Lipinski definition) is 7. The van der Waals surface area contributed by atoms with Gasteiger partial charge in [-0.3, -0.25) is 14.4 Å². The fraction of sp³-hybridized carbons (Fsp3) is 0.367. The molecule has 2 N–H and O–H groups in total. The van der Waals surface area contributed by atoms with Crippen molar-refractivity contribution in [3.05, 3.63) is 81.8 Å². The molecule has 0 fully saturated rings. The lowest BCUT2D eigenvalue weighted by Crippen LogP contribution is -2.49. The lowest BCUT2D eigenvalue weighted by atomic mass is 9.99. The van der Waals surface area contributed by atoms with Gasteiger partial charge in [0, 0.05) is 31.2 Å². The van der Waals surface area contributed by atoms with Gasteiger partial charge in [0.25, 0.3) is 15.9 Å². The Bertz CT molecular complexity index is 1520. The van der Waals surface area contributed by atoms with Crippen LogP contribution in [0.25, 0.3) is 0 Å². The molecule has 3 atom stereocenters. The summed E-state index contributed by atoms with van der Waals surface area (Å²) < 4.78 is 40.2. The summed E-state index contributed by atoms with van der Waals surface area (Å²) in [5, 5.41) is 10.9. The van der Waals surface area contributed by atoms with Crippen LogP contribution in [0.2, 0.25) is 10.0 Å². The second kappa shape index (κ2) is 13.5. The minimum atomic E-state index is -3.94. The molecule has 226 valence electrons. The first kappa shape index (κ1) is 31.9. The van der Waals surface area contributed by atoms with Crippen LogP contribution in [-0.4, -0.2) is 75.2 Å². The zero-order valence-electron chi connectivity index (χ0n) is 23.9. The predicted octanol–water partition coefficient (Wildman–Crippen LogP) is 5.15. The Morgan fingerprint density at radius 3 is 2.48 bits per heavy atom. The van der Waals surface area contributed by atoms with Gasteiger partial charge >= 0.3 is 0 Å². The van der Waals surface area contributed by atoms with E-state index < -0.39 is 16.1 Å². The fourth-order valence-corrected chi connectivity index (χ4v) is 6.16. The number of aliphatic hydroxyl groups excluding tert-OH is 1. The number of likely N-dealkylation sites (N-methyl/N-ethyl adjacent to an activating group) is 1. The fourth-order valence-electron chi connectivity index (χ4n) is 4.79. The average Bonchev–Trinajstić information content (AvgIpc) is 2.96. The highest BCUT2D eigenvalue weighted by atomic mass is 35.5. The Balaban J connectivity index is 1.62. The summed E-state index contributed by atoms with van der Waals surface area (Å²) >= 11 is 12.3. The van der Waals surface area contributed by atoms with E-state index in [9.17, 15) is 18.3 Å². The van der Waals surface area contributed by atoms with E-state index in [1.165, 1.54) is 25.3 Å². The summed E-state index contributed by atoms with van der Waals surface area (Å²) in [6.07, 6.45) is -0.320. The second-order valence-electron chi connectivity index (χ2n) is 10.6. The summed E-state index contributed by atoms with van der Waals surface area (Å²) in [5.74, 6) is 0.427. The molecule has 0 saturated carbocycles. The van der Waals surface area contributed by atoms with E-state index in [0.717, 1.165) is 5.56 Å². The molecule has 3 aromatic rings. The van der Waals surface area contributed by atoms with Gasteiger partial charge in [0.1, 0.15) is 17.6 Å². The number of methoxy groups -OCH3 is 1. The third-order valence-electron chi connectivity index (χ3n) is 7.21. The number of hydrogen-bond donors (Lipinski definition) is 2. The third-order valence-corrected chi connectivity index (χ3v) is 9.35. The molecule has 12 heteroatoms. The van der Waals surface area contributed by atoms with E-state index in [-0.39, 0.29) is 40.7 Å². The number of anilines is 1. The van der Waals surface area contributed by atoms with Crippen molar-refractivity contribution >= 4 is 44.8 Å². The SMILES string of the molecule is COc1ccc(S(=O)(=O)Nc2ccc3c(c2)C(=O)N([C@H](C)CO)C[C@H](C)[C@@H](CN(C)Cc2ccc(Cl)c(Cl)c2)O3)cc1. The molecule has 9 nitrogen and oxygen atoms in total. The first-order chi connectivity index (χ1) is 19.9. The van der Waals surface area contributed by atoms with Crippen LogP contribution in [0.1, 0.15) is 29.8 Å². The van der Waals surface area contributed by atoms with Gasteiger partial charge in [0.2, 0.25) is 0 Å². The highest BCUT2D eigenvalue weighted by Gasteiger charge is 2.34. The normalized spacial score (nSPS) is 18.1. The number of aliphatic hydroxyl groups is 1. The number of amides is 1. The molecule has 4 rings (SSSR count). The number of carbonyl (C=O) groups is 1. The highest BCUT2D eigenvalue weighted by molar-refractivity contribution is 7.92. The lowest BCUT2D eigenvalue weighted by molar-refractivity contribution is 0.0341. The second-order valence-corrected chi connectivity index (χ2v) is 13.1. The molecule has 1 amide bonds. The van der Waals surface area contributed by atoms with Gasteiger partial charge < -0.3 is 19.5 Å². The van der Waals surface area contributed by atoms with Crippen molar-refractivity contribution < 1.29 is 27.8 Å². The van der Waals surface area contributed by atoms with Gasteiger partial charge in [-0.2, -0.15) is 0 Å². The molecule has 1 aliphatic rings. The molecule has 0 saturated heterocycles. The summed E-state index contributed by atoms with van der Waals surface area (Å²) in [6, 6.07) is 15.7. The number of sulfonamides is 1. The smallest absolute Gasteiger partial charge is 0.261 e. The van der Waals surface area contributed by atoms with Crippen LogP contribution < -0.4 is 14.2 Å². The minimum Gasteiger partial charge on any atom is -0.497 e. The van der Waals surface area contributed by atoms with E-state index in [2.05, 4.69) is 9.62 Å². The van der Waals surface area contributed by atoms with Crippen molar-refractivity contribution in [3.63, 3.8) is 0 Å². The molecule has 0 unspecified atom stereocenters. The monoisotopic (exact) mass is 635 g/mol. The first-order valence-corrected chi connectivity index (χ1v) is 15.7. The molecule has 3 aromatic carbocycles. The van der Waals surface area contributed by atoms with Gasteiger partial charge in [-0.1, -0.05) is 36.2 Å². The highest BCUT2D eigenvalue weighted by Crippen LogP contribution is 2.32. The van der Waals surface area contributed by atoms with Crippen LogP contribution in [0, 0.1) is 5.92 Å².